The van der Waals surface area contributed by atoms with Crippen molar-refractivity contribution < 1.29 is 0 Å². The fraction of sp³-hybridized carbons (Fsp3) is 0.812. The molecule has 4 heteroatoms. The summed E-state index contributed by atoms with van der Waals surface area (Å²) in [7, 11) is 2.23. The lowest BCUT2D eigenvalue weighted by molar-refractivity contribution is 0.207. The zero-order valence-corrected chi connectivity index (χ0v) is 13.3. The van der Waals surface area contributed by atoms with Crippen LogP contribution in [0, 0.1) is 11.8 Å². The standard InChI is InChI=1S/C16H30N4/c1-14(2)10-17-11-16-12-18-13-20(16)9-6-15-4-7-19(3)8-5-15/h12-15,17H,4-11H2,1-3H3. The second-order valence-corrected chi connectivity index (χ2v) is 6.64. The molecule has 0 radical (unpaired) electrons. The number of aryl methyl sites for hydroxylation is 1. The van der Waals surface area contributed by atoms with E-state index in [2.05, 4.69) is 40.7 Å². The van der Waals surface area contributed by atoms with Crippen molar-refractivity contribution in [2.24, 2.45) is 11.8 Å². The molecule has 2 rings (SSSR count). The van der Waals surface area contributed by atoms with Gasteiger partial charge in [0.25, 0.3) is 0 Å². The first kappa shape index (κ1) is 15.5. The zero-order valence-electron chi connectivity index (χ0n) is 13.3. The molecule has 0 unspecified atom stereocenters. The van der Waals surface area contributed by atoms with Crippen LogP contribution in [-0.4, -0.2) is 41.1 Å². The number of rotatable bonds is 7. The van der Waals surface area contributed by atoms with Crippen molar-refractivity contribution in [3.05, 3.63) is 18.2 Å². The van der Waals surface area contributed by atoms with Gasteiger partial charge < -0.3 is 14.8 Å². The molecule has 0 aliphatic carbocycles. The molecule has 0 aromatic carbocycles. The Morgan fingerprint density at radius 2 is 2.10 bits per heavy atom. The van der Waals surface area contributed by atoms with Crippen LogP contribution >= 0.6 is 0 Å². The van der Waals surface area contributed by atoms with Crippen LogP contribution in [0.4, 0.5) is 0 Å². The minimum atomic E-state index is 0.700. The second-order valence-electron chi connectivity index (χ2n) is 6.64. The molecule has 0 amide bonds. The van der Waals surface area contributed by atoms with Crippen molar-refractivity contribution in [2.75, 3.05) is 26.7 Å². The Bertz CT molecular complexity index is 378. The quantitative estimate of drug-likeness (QED) is 0.831. The van der Waals surface area contributed by atoms with Crippen LogP contribution in [0.25, 0.3) is 0 Å². The molecule has 4 nitrogen and oxygen atoms in total. The van der Waals surface area contributed by atoms with E-state index in [1.807, 2.05) is 12.5 Å². The smallest absolute Gasteiger partial charge is 0.0948 e. The highest BCUT2D eigenvalue weighted by atomic mass is 15.1. The van der Waals surface area contributed by atoms with E-state index in [1.54, 1.807) is 0 Å². The maximum absolute atomic E-state index is 4.31. The summed E-state index contributed by atoms with van der Waals surface area (Å²) in [6, 6.07) is 0. The maximum Gasteiger partial charge on any atom is 0.0948 e. The molecule has 1 fully saturated rings. The first-order chi connectivity index (χ1) is 9.65. The topological polar surface area (TPSA) is 33.1 Å². The van der Waals surface area contributed by atoms with Crippen LogP contribution < -0.4 is 5.32 Å². The van der Waals surface area contributed by atoms with Gasteiger partial charge in [-0.1, -0.05) is 13.8 Å². The van der Waals surface area contributed by atoms with Crippen LogP contribution in [0.15, 0.2) is 12.5 Å². The fourth-order valence-corrected chi connectivity index (χ4v) is 2.86. The minimum Gasteiger partial charge on any atom is -0.333 e. The molecule has 1 aliphatic rings. The molecule has 0 atom stereocenters. The molecule has 1 aromatic heterocycles. The summed E-state index contributed by atoms with van der Waals surface area (Å²) in [6.07, 6.45) is 7.99. The van der Waals surface area contributed by atoms with E-state index in [0.29, 0.717) is 5.92 Å². The Hall–Kier alpha value is -0.870. The average molecular weight is 278 g/mol. The Morgan fingerprint density at radius 1 is 1.35 bits per heavy atom. The summed E-state index contributed by atoms with van der Waals surface area (Å²) >= 11 is 0. The predicted octanol–water partition coefficient (Wildman–Crippen LogP) is 2.36. The monoisotopic (exact) mass is 278 g/mol. The van der Waals surface area contributed by atoms with Gasteiger partial charge in [0.1, 0.15) is 0 Å². The van der Waals surface area contributed by atoms with Crippen LogP contribution in [0.3, 0.4) is 0 Å². The van der Waals surface area contributed by atoms with Crippen LogP contribution in [0.2, 0.25) is 0 Å². The van der Waals surface area contributed by atoms with Gasteiger partial charge in [-0.05, 0) is 57.8 Å². The average Bonchev–Trinajstić information content (AvgIpc) is 2.85. The fourth-order valence-electron chi connectivity index (χ4n) is 2.86. The van der Waals surface area contributed by atoms with Crippen LogP contribution in [-0.2, 0) is 13.1 Å². The Morgan fingerprint density at radius 3 is 2.80 bits per heavy atom. The highest BCUT2D eigenvalue weighted by Crippen LogP contribution is 2.20. The third kappa shape index (κ3) is 4.91. The molecular weight excluding hydrogens is 248 g/mol. The van der Waals surface area contributed by atoms with Crippen molar-refractivity contribution >= 4 is 0 Å². The minimum absolute atomic E-state index is 0.700. The zero-order chi connectivity index (χ0) is 14.4. The molecule has 0 bridgehead atoms. The molecule has 2 heterocycles. The highest BCUT2D eigenvalue weighted by Gasteiger charge is 2.16. The number of likely N-dealkylation sites (tertiary alicyclic amines) is 1. The molecule has 0 spiro atoms. The molecular formula is C16H30N4. The van der Waals surface area contributed by atoms with Crippen LogP contribution in [0.5, 0.6) is 0 Å². The molecule has 1 aliphatic heterocycles. The Labute approximate surface area is 123 Å². The Kier molecular flexibility index (Phi) is 6.05. The highest BCUT2D eigenvalue weighted by molar-refractivity contribution is 4.98. The van der Waals surface area contributed by atoms with Crippen molar-refractivity contribution in [2.45, 2.75) is 46.2 Å². The lowest BCUT2D eigenvalue weighted by atomic mass is 9.94. The third-order valence-corrected chi connectivity index (χ3v) is 4.27. The van der Waals surface area contributed by atoms with E-state index in [4.69, 9.17) is 0 Å². The lowest BCUT2D eigenvalue weighted by Crippen LogP contribution is -2.30. The molecule has 20 heavy (non-hydrogen) atoms. The van der Waals surface area contributed by atoms with E-state index in [-0.39, 0.29) is 0 Å². The van der Waals surface area contributed by atoms with Crippen molar-refractivity contribution in [3.63, 3.8) is 0 Å². The van der Waals surface area contributed by atoms with Gasteiger partial charge in [0.05, 0.1) is 12.0 Å². The molecule has 1 N–H and O–H groups in total. The van der Waals surface area contributed by atoms with Gasteiger partial charge in [-0.25, -0.2) is 4.98 Å². The van der Waals surface area contributed by atoms with Gasteiger partial charge >= 0.3 is 0 Å². The van der Waals surface area contributed by atoms with Gasteiger partial charge in [0, 0.05) is 19.3 Å². The number of nitrogens with one attached hydrogen (secondary N) is 1. The van der Waals surface area contributed by atoms with E-state index in [9.17, 15) is 0 Å². The van der Waals surface area contributed by atoms with Crippen molar-refractivity contribution in [1.29, 1.82) is 0 Å². The number of hydrogen-bond acceptors (Lipinski definition) is 3. The molecule has 1 aromatic rings. The number of hydrogen-bond donors (Lipinski definition) is 1. The van der Waals surface area contributed by atoms with Crippen LogP contribution in [0.1, 0.15) is 38.8 Å². The second kappa shape index (κ2) is 7.79. The first-order valence-corrected chi connectivity index (χ1v) is 8.03. The summed E-state index contributed by atoms with van der Waals surface area (Å²) in [6.45, 7) is 10.1. The predicted molar refractivity (Wildman–Crippen MR) is 83.6 cm³/mol. The summed E-state index contributed by atoms with van der Waals surface area (Å²) in [5, 5.41) is 3.50. The van der Waals surface area contributed by atoms with Gasteiger partial charge in [-0.3, -0.25) is 0 Å². The first-order valence-electron chi connectivity index (χ1n) is 8.03. The normalized spacial score (nSPS) is 18.0. The van der Waals surface area contributed by atoms with Gasteiger partial charge in [0.15, 0.2) is 0 Å². The van der Waals surface area contributed by atoms with E-state index >= 15 is 0 Å². The Balaban J connectivity index is 1.74. The number of aromatic nitrogens is 2. The molecule has 0 saturated carbocycles. The van der Waals surface area contributed by atoms with E-state index < -0.39 is 0 Å². The molecule has 114 valence electrons. The number of imidazole rings is 1. The van der Waals surface area contributed by atoms with E-state index in [1.165, 1.54) is 38.0 Å². The summed E-state index contributed by atoms with van der Waals surface area (Å²) in [5.74, 6) is 1.59. The summed E-state index contributed by atoms with van der Waals surface area (Å²) in [5.41, 5.74) is 1.32. The number of piperidine rings is 1. The van der Waals surface area contributed by atoms with Gasteiger partial charge in [-0.2, -0.15) is 0 Å². The van der Waals surface area contributed by atoms with Gasteiger partial charge in [-0.15, -0.1) is 0 Å². The lowest BCUT2D eigenvalue weighted by Gasteiger charge is -2.29. The number of nitrogens with zero attached hydrogens (tertiary/aromatic N) is 3. The summed E-state index contributed by atoms with van der Waals surface area (Å²) < 4.78 is 2.33. The largest absolute Gasteiger partial charge is 0.333 e. The van der Waals surface area contributed by atoms with E-state index in [0.717, 1.165) is 25.6 Å². The van der Waals surface area contributed by atoms with Crippen molar-refractivity contribution in [3.8, 4) is 0 Å². The SMILES string of the molecule is CC(C)CNCc1cncn1CCC1CCN(C)CC1. The maximum atomic E-state index is 4.31. The van der Waals surface area contributed by atoms with Crippen molar-refractivity contribution in [1.82, 2.24) is 19.8 Å². The third-order valence-electron chi connectivity index (χ3n) is 4.27. The van der Waals surface area contributed by atoms with Gasteiger partial charge in [0.2, 0.25) is 0 Å². The summed E-state index contributed by atoms with van der Waals surface area (Å²) in [4.78, 5) is 6.75. The molecule has 1 saturated heterocycles.